The maximum absolute atomic E-state index is 12.5. The summed E-state index contributed by atoms with van der Waals surface area (Å²) in [6.45, 7) is -0.0549. The van der Waals surface area contributed by atoms with E-state index < -0.39 is 28.5 Å². The van der Waals surface area contributed by atoms with Gasteiger partial charge in [0.2, 0.25) is 6.79 Å². The van der Waals surface area contributed by atoms with Crippen molar-refractivity contribution in [3.05, 3.63) is 82.3 Å². The number of amides is 1. The maximum Gasteiger partial charge on any atom is 0.338 e. The molecule has 1 heterocycles. The molecule has 0 fully saturated rings. The Labute approximate surface area is 204 Å². The van der Waals surface area contributed by atoms with Gasteiger partial charge in [0.05, 0.1) is 10.5 Å². The van der Waals surface area contributed by atoms with Gasteiger partial charge in [-0.2, -0.15) is 0 Å². The van der Waals surface area contributed by atoms with Crippen LogP contribution in [-0.4, -0.2) is 33.7 Å². The molecule has 0 aliphatic carbocycles. The number of nitrogens with one attached hydrogen (secondary N) is 2. The van der Waals surface area contributed by atoms with Gasteiger partial charge in [0, 0.05) is 16.7 Å². The van der Waals surface area contributed by atoms with Crippen molar-refractivity contribution in [2.45, 2.75) is 11.4 Å². The average Bonchev–Trinajstić information content (AvgIpc) is 3.30. The van der Waals surface area contributed by atoms with E-state index in [-0.39, 0.29) is 29.5 Å². The monoisotopic (exact) mass is 546 g/mol. The number of rotatable bonds is 8. The van der Waals surface area contributed by atoms with Gasteiger partial charge >= 0.3 is 5.97 Å². The van der Waals surface area contributed by atoms with E-state index in [9.17, 15) is 18.0 Å². The Morgan fingerprint density at radius 1 is 0.941 bits per heavy atom. The van der Waals surface area contributed by atoms with Crippen molar-refractivity contribution in [1.82, 2.24) is 5.32 Å². The third-order valence-corrected chi connectivity index (χ3v) is 6.68. The molecule has 11 heteroatoms. The van der Waals surface area contributed by atoms with Crippen molar-refractivity contribution in [2.24, 2.45) is 0 Å². The first-order valence-electron chi connectivity index (χ1n) is 10.0. The van der Waals surface area contributed by atoms with Crippen LogP contribution in [0.3, 0.4) is 0 Å². The molecular weight excluding hydrogens is 528 g/mol. The molecule has 3 aromatic carbocycles. The number of carbonyl (C=O) groups excluding carboxylic acids is 2. The summed E-state index contributed by atoms with van der Waals surface area (Å²) in [6, 6.07) is 17.2. The molecule has 0 radical (unpaired) electrons. The lowest BCUT2D eigenvalue weighted by molar-refractivity contribution is -0.124. The van der Waals surface area contributed by atoms with Crippen LogP contribution in [0.2, 0.25) is 0 Å². The maximum atomic E-state index is 12.5. The lowest BCUT2D eigenvalue weighted by Crippen LogP contribution is -2.28. The summed E-state index contributed by atoms with van der Waals surface area (Å²) in [6.07, 6.45) is 0. The molecule has 1 aliphatic rings. The van der Waals surface area contributed by atoms with Crippen LogP contribution in [0.5, 0.6) is 11.5 Å². The number of esters is 1. The molecule has 1 amide bonds. The van der Waals surface area contributed by atoms with Gasteiger partial charge in [0.25, 0.3) is 15.9 Å². The van der Waals surface area contributed by atoms with Gasteiger partial charge in [-0.1, -0.05) is 22.0 Å². The van der Waals surface area contributed by atoms with Gasteiger partial charge in [-0.05, 0) is 66.2 Å². The largest absolute Gasteiger partial charge is 0.454 e. The quantitative estimate of drug-likeness (QED) is 0.415. The first-order valence-corrected chi connectivity index (χ1v) is 12.3. The van der Waals surface area contributed by atoms with Crippen molar-refractivity contribution in [2.75, 3.05) is 18.1 Å². The van der Waals surface area contributed by atoms with Crippen molar-refractivity contribution in [3.8, 4) is 11.5 Å². The Morgan fingerprint density at radius 2 is 1.65 bits per heavy atom. The van der Waals surface area contributed by atoms with Gasteiger partial charge < -0.3 is 19.5 Å². The molecule has 0 aromatic heterocycles. The van der Waals surface area contributed by atoms with Crippen LogP contribution in [0.15, 0.2) is 76.1 Å². The molecule has 0 unspecified atom stereocenters. The molecule has 0 bridgehead atoms. The number of hydrogen-bond donors (Lipinski definition) is 2. The van der Waals surface area contributed by atoms with E-state index in [0.29, 0.717) is 11.5 Å². The van der Waals surface area contributed by atoms with Crippen LogP contribution in [0.25, 0.3) is 0 Å². The van der Waals surface area contributed by atoms with Crippen molar-refractivity contribution >= 4 is 43.5 Å². The van der Waals surface area contributed by atoms with Crippen molar-refractivity contribution in [3.63, 3.8) is 0 Å². The van der Waals surface area contributed by atoms with E-state index >= 15 is 0 Å². The third-order valence-electron chi connectivity index (χ3n) is 4.76. The van der Waals surface area contributed by atoms with Crippen LogP contribution >= 0.6 is 15.9 Å². The molecule has 176 valence electrons. The summed E-state index contributed by atoms with van der Waals surface area (Å²) < 4.78 is 43.7. The SMILES string of the molecule is O=C(COC(=O)c1ccc(NS(=O)(=O)c2ccc(Br)cc2)cc1)NCc1ccc2c(c1)OCO2. The molecule has 9 nitrogen and oxygen atoms in total. The highest BCUT2D eigenvalue weighted by Gasteiger charge is 2.16. The van der Waals surface area contributed by atoms with Crippen LogP contribution in [0, 0.1) is 0 Å². The first kappa shape index (κ1) is 23.6. The number of sulfonamides is 1. The molecule has 0 saturated heterocycles. The summed E-state index contributed by atoms with van der Waals surface area (Å²) in [4.78, 5) is 24.4. The molecule has 2 N–H and O–H groups in total. The summed E-state index contributed by atoms with van der Waals surface area (Å²) in [5.74, 6) is 0.0855. The molecule has 0 spiro atoms. The Hall–Kier alpha value is -3.57. The van der Waals surface area contributed by atoms with Crippen LogP contribution in [0.4, 0.5) is 5.69 Å². The predicted molar refractivity (Wildman–Crippen MR) is 126 cm³/mol. The summed E-state index contributed by atoms with van der Waals surface area (Å²) in [5, 5.41) is 2.66. The minimum absolute atomic E-state index is 0.103. The van der Waals surface area contributed by atoms with E-state index in [1.807, 2.05) is 0 Å². The number of fused-ring (bicyclic) bond motifs is 1. The Morgan fingerprint density at radius 3 is 2.38 bits per heavy atom. The fraction of sp³-hybridized carbons (Fsp3) is 0.130. The molecule has 0 atom stereocenters. The number of carbonyl (C=O) groups is 2. The van der Waals surface area contributed by atoms with E-state index in [0.717, 1.165) is 10.0 Å². The molecule has 0 saturated carbocycles. The molecule has 3 aromatic rings. The second-order valence-corrected chi connectivity index (χ2v) is 9.78. The van der Waals surface area contributed by atoms with Gasteiger partial charge in [-0.15, -0.1) is 0 Å². The minimum Gasteiger partial charge on any atom is -0.454 e. The average molecular weight is 547 g/mol. The Bertz CT molecular complexity index is 1310. The molecule has 34 heavy (non-hydrogen) atoms. The Kier molecular flexibility index (Phi) is 7.03. The molecule has 1 aliphatic heterocycles. The molecular formula is C23H19BrN2O7S. The van der Waals surface area contributed by atoms with Crippen molar-refractivity contribution < 1.29 is 32.2 Å². The number of anilines is 1. The van der Waals surface area contributed by atoms with Crippen LogP contribution in [0.1, 0.15) is 15.9 Å². The zero-order valence-corrected chi connectivity index (χ0v) is 20.0. The van der Waals surface area contributed by atoms with E-state index in [4.69, 9.17) is 14.2 Å². The Balaban J connectivity index is 1.26. The topological polar surface area (TPSA) is 120 Å². The second-order valence-electron chi connectivity index (χ2n) is 7.18. The van der Waals surface area contributed by atoms with Gasteiger partial charge in [-0.25, -0.2) is 13.2 Å². The van der Waals surface area contributed by atoms with E-state index in [1.165, 1.54) is 36.4 Å². The summed E-state index contributed by atoms with van der Waals surface area (Å²) in [5.41, 5.74) is 1.27. The van der Waals surface area contributed by atoms with Gasteiger partial charge in [0.15, 0.2) is 18.1 Å². The first-order chi connectivity index (χ1) is 16.3. The lowest BCUT2D eigenvalue weighted by Gasteiger charge is -2.09. The summed E-state index contributed by atoms with van der Waals surface area (Å²) >= 11 is 3.26. The highest BCUT2D eigenvalue weighted by atomic mass is 79.9. The number of ether oxygens (including phenoxy) is 3. The number of halogens is 1. The highest BCUT2D eigenvalue weighted by Crippen LogP contribution is 2.32. The lowest BCUT2D eigenvalue weighted by atomic mass is 10.2. The highest BCUT2D eigenvalue weighted by molar-refractivity contribution is 9.10. The zero-order chi connectivity index (χ0) is 24.1. The van der Waals surface area contributed by atoms with Crippen molar-refractivity contribution in [1.29, 1.82) is 0 Å². The van der Waals surface area contributed by atoms with E-state index in [1.54, 1.807) is 30.3 Å². The second kappa shape index (κ2) is 10.1. The summed E-state index contributed by atoms with van der Waals surface area (Å²) in [7, 11) is -3.77. The van der Waals surface area contributed by atoms with Crippen LogP contribution in [-0.2, 0) is 26.1 Å². The normalized spacial score (nSPS) is 12.1. The standard InChI is InChI=1S/C23H19BrN2O7S/c24-17-4-8-19(9-5-17)34(29,30)26-18-6-2-16(3-7-18)23(28)31-13-22(27)25-12-15-1-10-20-21(11-15)33-14-32-20/h1-11,26H,12-14H2,(H,25,27). The molecule has 4 rings (SSSR count). The fourth-order valence-electron chi connectivity index (χ4n) is 3.02. The van der Waals surface area contributed by atoms with Crippen LogP contribution < -0.4 is 19.5 Å². The van der Waals surface area contributed by atoms with E-state index in [2.05, 4.69) is 26.0 Å². The fourth-order valence-corrected chi connectivity index (χ4v) is 4.34. The predicted octanol–water partition coefficient (Wildman–Crippen LogP) is 3.45. The van der Waals surface area contributed by atoms with Gasteiger partial charge in [-0.3, -0.25) is 9.52 Å². The van der Waals surface area contributed by atoms with Gasteiger partial charge in [0.1, 0.15) is 0 Å². The third kappa shape index (κ3) is 5.86. The smallest absolute Gasteiger partial charge is 0.338 e. The zero-order valence-electron chi connectivity index (χ0n) is 17.6. The number of hydrogen-bond acceptors (Lipinski definition) is 7. The minimum atomic E-state index is -3.77. The number of benzene rings is 3.